The molecule has 4 unspecified atom stereocenters. The third kappa shape index (κ3) is 1.80. The number of hydrogen-bond acceptors (Lipinski definition) is 3. The second-order valence-electron chi connectivity index (χ2n) is 7.29. The highest BCUT2D eigenvalue weighted by Gasteiger charge is 2.65. The molecule has 1 aromatic rings. The van der Waals surface area contributed by atoms with Crippen molar-refractivity contribution in [1.82, 2.24) is 9.55 Å². The summed E-state index contributed by atoms with van der Waals surface area (Å²) in [5.74, 6) is 4.53. The Labute approximate surface area is 119 Å². The fourth-order valence-electron chi connectivity index (χ4n) is 4.76. The lowest BCUT2D eigenvalue weighted by atomic mass is 10.0. The molecule has 4 nitrogen and oxygen atoms in total. The zero-order chi connectivity index (χ0) is 13.9. The predicted molar refractivity (Wildman–Crippen MR) is 78.6 cm³/mol. The lowest BCUT2D eigenvalue weighted by molar-refractivity contribution is 0.456. The molecule has 0 radical (unpaired) electrons. The highest BCUT2D eigenvalue weighted by Crippen LogP contribution is 2.66. The minimum Gasteiger partial charge on any atom is -0.362 e. The van der Waals surface area contributed by atoms with E-state index in [0.717, 1.165) is 30.2 Å². The Morgan fingerprint density at radius 2 is 2.05 bits per heavy atom. The lowest BCUT2D eigenvalue weighted by Crippen LogP contribution is -2.27. The van der Waals surface area contributed by atoms with Gasteiger partial charge in [0.2, 0.25) is 0 Å². The maximum atomic E-state index is 12.4. The van der Waals surface area contributed by atoms with E-state index >= 15 is 0 Å². The topological polar surface area (TPSA) is 46.9 Å². The van der Waals surface area contributed by atoms with Crippen LogP contribution in [0.15, 0.2) is 17.2 Å². The molecule has 108 valence electrons. The highest BCUT2D eigenvalue weighted by molar-refractivity contribution is 5.38. The second kappa shape index (κ2) is 4.34. The summed E-state index contributed by atoms with van der Waals surface area (Å²) >= 11 is 0. The first-order chi connectivity index (χ1) is 9.65. The summed E-state index contributed by atoms with van der Waals surface area (Å²) in [6.45, 7) is 5.02. The average Bonchev–Trinajstić information content (AvgIpc) is 2.81. The average molecular weight is 273 g/mol. The van der Waals surface area contributed by atoms with Gasteiger partial charge in [0.1, 0.15) is 0 Å². The molecule has 4 atom stereocenters. The molecule has 20 heavy (non-hydrogen) atoms. The maximum Gasteiger partial charge on any atom is 0.293 e. The predicted octanol–water partition coefficient (Wildman–Crippen LogP) is 2.36. The monoisotopic (exact) mass is 273 g/mol. The van der Waals surface area contributed by atoms with Gasteiger partial charge < -0.3 is 9.88 Å². The quantitative estimate of drug-likeness (QED) is 0.916. The minimum absolute atomic E-state index is 0.0403. The van der Waals surface area contributed by atoms with E-state index in [4.69, 9.17) is 0 Å². The molecule has 3 aliphatic carbocycles. The van der Waals surface area contributed by atoms with Gasteiger partial charge in [-0.05, 0) is 48.9 Å². The van der Waals surface area contributed by atoms with Crippen LogP contribution in [-0.2, 0) is 6.54 Å². The van der Waals surface area contributed by atoms with E-state index in [-0.39, 0.29) is 5.56 Å². The molecule has 1 heterocycles. The highest BCUT2D eigenvalue weighted by atomic mass is 16.1. The van der Waals surface area contributed by atoms with Crippen molar-refractivity contribution in [3.63, 3.8) is 0 Å². The van der Waals surface area contributed by atoms with Gasteiger partial charge in [-0.1, -0.05) is 13.8 Å². The van der Waals surface area contributed by atoms with E-state index in [1.54, 1.807) is 17.0 Å². The summed E-state index contributed by atoms with van der Waals surface area (Å²) < 4.78 is 1.78. The third-order valence-electron chi connectivity index (χ3n) is 5.51. The van der Waals surface area contributed by atoms with E-state index in [0.29, 0.717) is 17.8 Å². The van der Waals surface area contributed by atoms with Crippen LogP contribution in [0.3, 0.4) is 0 Å². The summed E-state index contributed by atoms with van der Waals surface area (Å²) in [6.07, 6.45) is 7.80. The normalized spacial score (nSPS) is 37.2. The van der Waals surface area contributed by atoms with E-state index in [1.807, 2.05) is 0 Å². The van der Waals surface area contributed by atoms with Gasteiger partial charge in [0.25, 0.3) is 5.56 Å². The number of anilines is 1. The van der Waals surface area contributed by atoms with Gasteiger partial charge in [-0.25, -0.2) is 4.98 Å². The van der Waals surface area contributed by atoms with Gasteiger partial charge in [-0.15, -0.1) is 0 Å². The van der Waals surface area contributed by atoms with Crippen LogP contribution in [0.25, 0.3) is 0 Å². The Balaban J connectivity index is 1.52. The van der Waals surface area contributed by atoms with Crippen LogP contribution in [0.1, 0.15) is 33.1 Å². The summed E-state index contributed by atoms with van der Waals surface area (Å²) in [5.41, 5.74) is 0.0403. The molecule has 3 fully saturated rings. The van der Waals surface area contributed by atoms with Crippen LogP contribution in [0, 0.1) is 29.6 Å². The molecule has 0 saturated heterocycles. The first kappa shape index (κ1) is 12.4. The molecule has 0 amide bonds. The smallest absolute Gasteiger partial charge is 0.293 e. The van der Waals surface area contributed by atoms with Crippen molar-refractivity contribution in [2.45, 2.75) is 45.7 Å². The first-order valence-corrected chi connectivity index (χ1v) is 7.97. The van der Waals surface area contributed by atoms with Gasteiger partial charge in [0.05, 0.1) is 0 Å². The molecule has 4 heteroatoms. The molecule has 2 bridgehead atoms. The van der Waals surface area contributed by atoms with Gasteiger partial charge in [-0.2, -0.15) is 0 Å². The number of fused-ring (bicyclic) bond motifs is 5. The molecule has 1 N–H and O–H groups in total. The summed E-state index contributed by atoms with van der Waals surface area (Å²) in [6, 6.07) is 0.524. The van der Waals surface area contributed by atoms with Crippen molar-refractivity contribution < 1.29 is 0 Å². The van der Waals surface area contributed by atoms with Crippen molar-refractivity contribution in [3.05, 3.63) is 22.7 Å². The SMILES string of the molecule is CC(C)Cn1ccnc(NC2C3C4CCC(C4)C23)c1=O. The number of nitrogens with one attached hydrogen (secondary N) is 1. The van der Waals surface area contributed by atoms with E-state index in [2.05, 4.69) is 24.1 Å². The Morgan fingerprint density at radius 1 is 1.35 bits per heavy atom. The number of rotatable bonds is 4. The van der Waals surface area contributed by atoms with Gasteiger partial charge in [-0.3, -0.25) is 4.79 Å². The largest absolute Gasteiger partial charge is 0.362 e. The summed E-state index contributed by atoms with van der Waals surface area (Å²) in [4.78, 5) is 16.7. The zero-order valence-corrected chi connectivity index (χ0v) is 12.2. The molecule has 3 saturated carbocycles. The van der Waals surface area contributed by atoms with Crippen molar-refractivity contribution >= 4 is 5.82 Å². The second-order valence-corrected chi connectivity index (χ2v) is 7.29. The fraction of sp³-hybridized carbons (Fsp3) is 0.750. The van der Waals surface area contributed by atoms with Crippen molar-refractivity contribution in [1.29, 1.82) is 0 Å². The van der Waals surface area contributed by atoms with Crippen LogP contribution in [0.4, 0.5) is 5.82 Å². The molecule has 0 aromatic carbocycles. The molecule has 0 spiro atoms. The number of hydrogen-bond donors (Lipinski definition) is 1. The lowest BCUT2D eigenvalue weighted by Gasteiger charge is -2.13. The van der Waals surface area contributed by atoms with Crippen molar-refractivity contribution in [2.24, 2.45) is 29.6 Å². The van der Waals surface area contributed by atoms with Crippen LogP contribution in [0.5, 0.6) is 0 Å². The fourth-order valence-corrected chi connectivity index (χ4v) is 4.76. The van der Waals surface area contributed by atoms with E-state index in [1.165, 1.54) is 19.3 Å². The Kier molecular flexibility index (Phi) is 2.69. The molecular formula is C16H23N3O. The van der Waals surface area contributed by atoms with Gasteiger partial charge in [0.15, 0.2) is 5.82 Å². The Hall–Kier alpha value is -1.32. The van der Waals surface area contributed by atoms with Crippen LogP contribution in [-0.4, -0.2) is 15.6 Å². The Morgan fingerprint density at radius 3 is 2.70 bits per heavy atom. The Bertz CT molecular complexity index is 563. The van der Waals surface area contributed by atoms with Crippen LogP contribution >= 0.6 is 0 Å². The van der Waals surface area contributed by atoms with Crippen LogP contribution < -0.4 is 10.9 Å². The molecule has 3 aliphatic rings. The third-order valence-corrected chi connectivity index (χ3v) is 5.51. The van der Waals surface area contributed by atoms with Crippen molar-refractivity contribution in [2.75, 3.05) is 5.32 Å². The first-order valence-electron chi connectivity index (χ1n) is 7.97. The zero-order valence-electron chi connectivity index (χ0n) is 12.2. The van der Waals surface area contributed by atoms with E-state index in [9.17, 15) is 4.79 Å². The standard InChI is InChI=1S/C16H23N3O/c1-9(2)8-19-6-5-17-15(16(19)20)18-14-12-10-3-4-11(7-10)13(12)14/h5-6,9-14H,3-4,7-8H2,1-2H3,(H,17,18). The molecule has 4 rings (SSSR count). The van der Waals surface area contributed by atoms with Crippen molar-refractivity contribution in [3.8, 4) is 0 Å². The minimum atomic E-state index is 0.0403. The summed E-state index contributed by atoms with van der Waals surface area (Å²) in [5, 5.41) is 3.46. The molecule has 0 aliphatic heterocycles. The van der Waals surface area contributed by atoms with Crippen LogP contribution in [0.2, 0.25) is 0 Å². The number of nitrogens with zero attached hydrogens (tertiary/aromatic N) is 2. The van der Waals surface area contributed by atoms with Gasteiger partial charge in [0, 0.05) is 25.0 Å². The maximum absolute atomic E-state index is 12.4. The summed E-state index contributed by atoms with van der Waals surface area (Å²) in [7, 11) is 0. The molecular weight excluding hydrogens is 250 g/mol. The van der Waals surface area contributed by atoms with E-state index < -0.39 is 0 Å². The number of aromatic nitrogens is 2. The molecule has 1 aromatic heterocycles. The van der Waals surface area contributed by atoms with Gasteiger partial charge >= 0.3 is 0 Å².